The fourth-order valence-electron chi connectivity index (χ4n) is 10.4. The normalized spacial score (nSPS) is 13.3. The number of nitrogens with zero attached hydrogens (tertiary/aromatic N) is 3. The van der Waals surface area contributed by atoms with Crippen molar-refractivity contribution < 1.29 is 0 Å². The molecule has 2 aliphatic rings. The molecule has 2 heterocycles. The molecule has 0 radical (unpaired) electrons. The SMILES string of the molecule is c1ccc(-c2ccc3c(c2)-c2cc(-c4ccccc4)ccc2C32c3cccc4ccc5c(c34)c3c2cccc3n5-c2nc3ccccc3nc2-c2ccccc2)cc1. The minimum atomic E-state index is -0.557. The van der Waals surface area contributed by atoms with Crippen molar-refractivity contribution in [2.45, 2.75) is 5.41 Å². The van der Waals surface area contributed by atoms with Gasteiger partial charge in [-0.1, -0.05) is 164 Å². The minimum Gasteiger partial charge on any atom is -0.292 e. The molecule has 0 aliphatic heterocycles. The number of aromatic nitrogens is 3. The average Bonchev–Trinajstić information content (AvgIpc) is 3.79. The largest absolute Gasteiger partial charge is 0.292 e. The third-order valence-electron chi connectivity index (χ3n) is 12.8. The first kappa shape index (κ1) is 31.6. The summed E-state index contributed by atoms with van der Waals surface area (Å²) >= 11 is 0. The van der Waals surface area contributed by atoms with Crippen molar-refractivity contribution in [3.8, 4) is 50.5 Å². The lowest BCUT2D eigenvalue weighted by molar-refractivity contribution is 0.783. The second-order valence-corrected chi connectivity index (χ2v) is 15.7. The minimum absolute atomic E-state index is 0.557. The molecule has 2 aliphatic carbocycles. The summed E-state index contributed by atoms with van der Waals surface area (Å²) in [5.74, 6) is 0.835. The average molecular weight is 736 g/mol. The van der Waals surface area contributed by atoms with E-state index in [0.29, 0.717) is 0 Å². The van der Waals surface area contributed by atoms with Crippen molar-refractivity contribution in [2.24, 2.45) is 0 Å². The highest BCUT2D eigenvalue weighted by atomic mass is 15.1. The highest BCUT2D eigenvalue weighted by Gasteiger charge is 2.50. The van der Waals surface area contributed by atoms with Gasteiger partial charge < -0.3 is 0 Å². The van der Waals surface area contributed by atoms with Gasteiger partial charge in [-0.05, 0) is 103 Å². The first-order valence-corrected chi connectivity index (χ1v) is 20.0. The molecule has 3 nitrogen and oxygen atoms in total. The molecule has 0 unspecified atom stereocenters. The van der Waals surface area contributed by atoms with Crippen molar-refractivity contribution in [3.05, 3.63) is 222 Å². The first-order valence-electron chi connectivity index (χ1n) is 20.0. The number of benzene rings is 9. The van der Waals surface area contributed by atoms with E-state index in [0.717, 1.165) is 39.1 Å². The van der Waals surface area contributed by atoms with Gasteiger partial charge in [0.2, 0.25) is 0 Å². The fourth-order valence-corrected chi connectivity index (χ4v) is 10.4. The zero-order chi connectivity index (χ0) is 38.0. The van der Waals surface area contributed by atoms with Crippen molar-refractivity contribution in [1.82, 2.24) is 14.5 Å². The van der Waals surface area contributed by atoms with Crippen LogP contribution in [0, 0.1) is 0 Å². The van der Waals surface area contributed by atoms with Gasteiger partial charge in [0.1, 0.15) is 5.69 Å². The molecule has 9 aromatic carbocycles. The van der Waals surface area contributed by atoms with E-state index in [1.165, 1.54) is 77.2 Å². The van der Waals surface area contributed by atoms with Gasteiger partial charge in [-0.15, -0.1) is 0 Å². The topological polar surface area (TPSA) is 30.7 Å². The van der Waals surface area contributed by atoms with Gasteiger partial charge in [0.25, 0.3) is 0 Å². The van der Waals surface area contributed by atoms with Crippen molar-refractivity contribution >= 4 is 43.6 Å². The van der Waals surface area contributed by atoms with E-state index in [1.54, 1.807) is 0 Å². The van der Waals surface area contributed by atoms with E-state index in [2.05, 4.69) is 193 Å². The molecule has 0 amide bonds. The second kappa shape index (κ2) is 11.7. The third-order valence-corrected chi connectivity index (χ3v) is 12.8. The number of hydrogen-bond donors (Lipinski definition) is 0. The predicted molar refractivity (Wildman–Crippen MR) is 239 cm³/mol. The summed E-state index contributed by atoms with van der Waals surface area (Å²) in [4.78, 5) is 10.8. The molecule has 1 spiro atoms. The molecule has 11 aromatic rings. The van der Waals surface area contributed by atoms with Gasteiger partial charge in [-0.2, -0.15) is 0 Å². The van der Waals surface area contributed by atoms with Crippen molar-refractivity contribution in [2.75, 3.05) is 0 Å². The van der Waals surface area contributed by atoms with Crippen LogP contribution in [-0.4, -0.2) is 14.5 Å². The molecule has 0 N–H and O–H groups in total. The first-order chi connectivity index (χ1) is 28.8. The summed E-state index contributed by atoms with van der Waals surface area (Å²) in [5.41, 5.74) is 18.1. The zero-order valence-electron chi connectivity index (χ0n) is 31.4. The monoisotopic (exact) mass is 735 g/mol. The van der Waals surface area contributed by atoms with Gasteiger partial charge in [-0.3, -0.25) is 4.57 Å². The Balaban J connectivity index is 1.18. The van der Waals surface area contributed by atoms with Crippen molar-refractivity contribution in [1.29, 1.82) is 0 Å². The molecular formula is C55H33N3. The van der Waals surface area contributed by atoms with E-state index in [9.17, 15) is 0 Å². The molecule has 268 valence electrons. The quantitative estimate of drug-likeness (QED) is 0.180. The van der Waals surface area contributed by atoms with Crippen LogP contribution in [0.4, 0.5) is 0 Å². The number of para-hydroxylation sites is 2. The summed E-state index contributed by atoms with van der Waals surface area (Å²) in [6.45, 7) is 0. The van der Waals surface area contributed by atoms with Crippen LogP contribution in [0.1, 0.15) is 22.3 Å². The molecule has 3 heteroatoms. The molecule has 58 heavy (non-hydrogen) atoms. The molecule has 0 fully saturated rings. The van der Waals surface area contributed by atoms with E-state index >= 15 is 0 Å². The maximum Gasteiger partial charge on any atom is 0.165 e. The smallest absolute Gasteiger partial charge is 0.165 e. The molecule has 0 bridgehead atoms. The van der Waals surface area contributed by atoms with Gasteiger partial charge in [0.05, 0.1) is 27.5 Å². The van der Waals surface area contributed by atoms with Gasteiger partial charge in [0, 0.05) is 16.3 Å². The van der Waals surface area contributed by atoms with E-state index < -0.39 is 5.41 Å². The Kier molecular flexibility index (Phi) is 6.37. The van der Waals surface area contributed by atoms with Crippen LogP contribution in [0.25, 0.3) is 94.1 Å². The molecule has 13 rings (SSSR count). The van der Waals surface area contributed by atoms with Crippen LogP contribution in [-0.2, 0) is 5.41 Å². The lowest BCUT2D eigenvalue weighted by atomic mass is 9.63. The third kappa shape index (κ3) is 4.12. The maximum atomic E-state index is 5.46. The van der Waals surface area contributed by atoms with Crippen LogP contribution < -0.4 is 0 Å². The molecule has 2 aromatic heterocycles. The van der Waals surface area contributed by atoms with Crippen molar-refractivity contribution in [3.63, 3.8) is 0 Å². The Morgan fingerprint density at radius 2 is 0.879 bits per heavy atom. The molecule has 0 saturated heterocycles. The summed E-state index contributed by atoms with van der Waals surface area (Å²) in [5, 5.41) is 5.09. The standard InChI is InChI=1S/C55H33N3/c1-4-14-34(15-5-1)38-26-29-42-40(32-38)41-33-39(35-16-6-2-7-17-35)27-30-43(41)55(42)44-21-12-20-36-28-31-49-52(50(36)44)51-45(55)22-13-25-48(51)58(49)54-53(37-18-8-3-9-19-37)56-46-23-10-11-24-47(46)57-54/h1-33H. The van der Waals surface area contributed by atoms with Gasteiger partial charge in [-0.25, -0.2) is 9.97 Å². The Labute approximate surface area is 335 Å². The summed E-state index contributed by atoms with van der Waals surface area (Å²) in [7, 11) is 0. The van der Waals surface area contributed by atoms with E-state index in [1.807, 2.05) is 12.1 Å². The maximum absolute atomic E-state index is 5.46. The molecular weight excluding hydrogens is 703 g/mol. The lowest BCUT2D eigenvalue weighted by Gasteiger charge is -2.38. The summed E-state index contributed by atoms with van der Waals surface area (Å²) < 4.78 is 2.39. The Morgan fingerprint density at radius 1 is 0.345 bits per heavy atom. The molecule has 0 saturated carbocycles. The number of rotatable bonds is 4. The molecule has 0 atom stereocenters. The highest BCUT2D eigenvalue weighted by molar-refractivity contribution is 6.26. The van der Waals surface area contributed by atoms with Crippen LogP contribution in [0.15, 0.2) is 200 Å². The van der Waals surface area contributed by atoms with Crippen LogP contribution >= 0.6 is 0 Å². The Bertz CT molecular complexity index is 3400. The predicted octanol–water partition coefficient (Wildman–Crippen LogP) is 13.6. The zero-order valence-corrected chi connectivity index (χ0v) is 31.4. The van der Waals surface area contributed by atoms with Crippen LogP contribution in [0.2, 0.25) is 0 Å². The Hall–Kier alpha value is -7.62. The number of fused-ring (bicyclic) bond motifs is 8. The second-order valence-electron chi connectivity index (χ2n) is 15.7. The fraction of sp³-hybridized carbons (Fsp3) is 0.0182. The van der Waals surface area contributed by atoms with E-state index in [4.69, 9.17) is 9.97 Å². The highest BCUT2D eigenvalue weighted by Crippen LogP contribution is 2.63. The number of hydrogen-bond acceptors (Lipinski definition) is 2. The summed E-state index contributed by atoms with van der Waals surface area (Å²) in [6.07, 6.45) is 0. The van der Waals surface area contributed by atoms with Crippen LogP contribution in [0.3, 0.4) is 0 Å². The lowest BCUT2D eigenvalue weighted by Crippen LogP contribution is -2.30. The van der Waals surface area contributed by atoms with Crippen LogP contribution in [0.5, 0.6) is 0 Å². The van der Waals surface area contributed by atoms with Gasteiger partial charge >= 0.3 is 0 Å². The van der Waals surface area contributed by atoms with E-state index in [-0.39, 0.29) is 0 Å². The Morgan fingerprint density at radius 3 is 1.52 bits per heavy atom. The summed E-state index contributed by atoms with van der Waals surface area (Å²) in [6, 6.07) is 73.1. The van der Waals surface area contributed by atoms with Gasteiger partial charge in [0.15, 0.2) is 5.82 Å².